The molecule has 0 radical (unpaired) electrons. The fourth-order valence-corrected chi connectivity index (χ4v) is 4.21. The normalized spacial score (nSPS) is 10.7. The van der Waals surface area contributed by atoms with E-state index in [1.54, 1.807) is 0 Å². The largest absolute Gasteiger partial charge is 0.310 e. The minimum atomic E-state index is 1.07. The van der Waals surface area contributed by atoms with Crippen LogP contribution in [0.1, 0.15) is 0 Å². The Morgan fingerprint density at radius 3 is 1.53 bits per heavy atom. The molecule has 5 rings (SSSR count). The molecule has 1 nitrogen and oxygen atoms in total. The average molecular weight is 476 g/mol. The summed E-state index contributed by atoms with van der Waals surface area (Å²) in [5.74, 6) is 0. The monoisotopic (exact) mass is 475 g/mol. The Kier molecular flexibility index (Phi) is 5.87. The van der Waals surface area contributed by atoms with Crippen molar-refractivity contribution in [3.05, 3.63) is 138 Å². The van der Waals surface area contributed by atoms with Crippen LogP contribution in [0.4, 0.5) is 17.1 Å². The highest BCUT2D eigenvalue weighted by molar-refractivity contribution is 9.10. The topological polar surface area (TPSA) is 3.24 Å². The second-order valence-electron chi connectivity index (χ2n) is 7.64. The molecule has 0 saturated carbocycles. The van der Waals surface area contributed by atoms with Gasteiger partial charge in [-0.1, -0.05) is 94.8 Å². The van der Waals surface area contributed by atoms with Gasteiger partial charge < -0.3 is 4.90 Å². The van der Waals surface area contributed by atoms with Crippen molar-refractivity contribution in [1.29, 1.82) is 0 Å². The molecule has 0 heterocycles. The number of nitrogens with zero attached hydrogens (tertiary/aromatic N) is 1. The van der Waals surface area contributed by atoms with Crippen LogP contribution in [-0.4, -0.2) is 0 Å². The molecule has 0 atom stereocenters. The van der Waals surface area contributed by atoms with Crippen molar-refractivity contribution in [3.63, 3.8) is 0 Å². The number of anilines is 3. The zero-order valence-electron chi connectivity index (χ0n) is 17.5. The molecule has 0 aliphatic carbocycles. The van der Waals surface area contributed by atoms with E-state index in [0.29, 0.717) is 0 Å². The lowest BCUT2D eigenvalue weighted by Crippen LogP contribution is -2.09. The molecule has 0 aliphatic heterocycles. The lowest BCUT2D eigenvalue weighted by Gasteiger charge is -2.26. The van der Waals surface area contributed by atoms with E-state index >= 15 is 0 Å². The molecule has 154 valence electrons. The van der Waals surface area contributed by atoms with E-state index in [9.17, 15) is 0 Å². The van der Waals surface area contributed by atoms with Crippen LogP contribution in [0, 0.1) is 0 Å². The van der Waals surface area contributed by atoms with Gasteiger partial charge in [-0.05, 0) is 76.9 Å². The van der Waals surface area contributed by atoms with Crippen LogP contribution in [0.25, 0.3) is 22.3 Å². The first-order valence-electron chi connectivity index (χ1n) is 10.6. The first-order valence-corrected chi connectivity index (χ1v) is 11.4. The summed E-state index contributed by atoms with van der Waals surface area (Å²) in [5, 5.41) is 0. The van der Waals surface area contributed by atoms with Crippen molar-refractivity contribution in [2.45, 2.75) is 0 Å². The van der Waals surface area contributed by atoms with Gasteiger partial charge in [0, 0.05) is 21.5 Å². The fourth-order valence-electron chi connectivity index (χ4n) is 3.95. The molecule has 0 fully saturated rings. The van der Waals surface area contributed by atoms with Gasteiger partial charge in [0.25, 0.3) is 0 Å². The highest BCUT2D eigenvalue weighted by Crippen LogP contribution is 2.37. The van der Waals surface area contributed by atoms with E-state index in [2.05, 4.69) is 154 Å². The van der Waals surface area contributed by atoms with Crippen LogP contribution in [0.15, 0.2) is 138 Å². The molecule has 0 unspecified atom stereocenters. The zero-order chi connectivity index (χ0) is 21.8. The Balaban J connectivity index is 1.58. The summed E-state index contributed by atoms with van der Waals surface area (Å²) in [6.07, 6.45) is 0. The van der Waals surface area contributed by atoms with Crippen LogP contribution in [0.5, 0.6) is 0 Å². The summed E-state index contributed by atoms with van der Waals surface area (Å²) in [7, 11) is 0. The van der Waals surface area contributed by atoms with Gasteiger partial charge >= 0.3 is 0 Å². The van der Waals surface area contributed by atoms with Crippen molar-refractivity contribution in [2.24, 2.45) is 0 Å². The van der Waals surface area contributed by atoms with Gasteiger partial charge in [-0.2, -0.15) is 0 Å². The van der Waals surface area contributed by atoms with E-state index in [0.717, 1.165) is 21.5 Å². The van der Waals surface area contributed by atoms with Gasteiger partial charge in [0.1, 0.15) is 0 Å². The molecular formula is C30H22BrN. The number of rotatable bonds is 5. The molecule has 32 heavy (non-hydrogen) atoms. The standard InChI is InChI=1S/C30H22BrN/c31-27-17-19-29(20-18-27)32(28-14-5-2-6-15-28)30-16-8-13-26(22-30)25-12-7-11-24(21-25)23-9-3-1-4-10-23/h1-22H. The summed E-state index contributed by atoms with van der Waals surface area (Å²) in [6, 6.07) is 46.9. The molecule has 0 aliphatic rings. The number of hydrogen-bond acceptors (Lipinski definition) is 1. The molecule has 0 N–H and O–H groups in total. The van der Waals surface area contributed by atoms with Crippen molar-refractivity contribution in [1.82, 2.24) is 0 Å². The smallest absolute Gasteiger partial charge is 0.0467 e. The quantitative estimate of drug-likeness (QED) is 0.244. The Morgan fingerprint density at radius 1 is 0.375 bits per heavy atom. The Bertz CT molecular complexity index is 1310. The number of halogens is 1. The summed E-state index contributed by atoms with van der Waals surface area (Å²) in [5.41, 5.74) is 8.23. The van der Waals surface area contributed by atoms with Gasteiger partial charge in [-0.15, -0.1) is 0 Å². The third-order valence-electron chi connectivity index (χ3n) is 5.51. The predicted molar refractivity (Wildman–Crippen MR) is 140 cm³/mol. The Hall–Kier alpha value is -3.62. The van der Waals surface area contributed by atoms with Crippen molar-refractivity contribution in [2.75, 3.05) is 4.90 Å². The van der Waals surface area contributed by atoms with Gasteiger partial charge in [0.05, 0.1) is 0 Å². The molecule has 0 bridgehead atoms. The lowest BCUT2D eigenvalue weighted by atomic mass is 9.98. The van der Waals surface area contributed by atoms with Gasteiger partial charge in [-0.25, -0.2) is 0 Å². The maximum Gasteiger partial charge on any atom is 0.0467 e. The molecule has 2 heteroatoms. The maximum absolute atomic E-state index is 3.56. The van der Waals surface area contributed by atoms with Crippen LogP contribution >= 0.6 is 15.9 Å². The highest BCUT2D eigenvalue weighted by atomic mass is 79.9. The molecule has 0 amide bonds. The van der Waals surface area contributed by atoms with Crippen LogP contribution < -0.4 is 4.90 Å². The minimum Gasteiger partial charge on any atom is -0.310 e. The van der Waals surface area contributed by atoms with Crippen molar-refractivity contribution >= 4 is 33.0 Å². The summed E-state index contributed by atoms with van der Waals surface area (Å²) in [6.45, 7) is 0. The summed E-state index contributed by atoms with van der Waals surface area (Å²) < 4.78 is 1.07. The molecule has 0 aromatic heterocycles. The van der Waals surface area contributed by atoms with Gasteiger partial charge in [0.2, 0.25) is 0 Å². The maximum atomic E-state index is 3.56. The molecule has 5 aromatic rings. The predicted octanol–water partition coefficient (Wildman–Crippen LogP) is 9.25. The van der Waals surface area contributed by atoms with Crippen molar-refractivity contribution < 1.29 is 0 Å². The Morgan fingerprint density at radius 2 is 0.844 bits per heavy atom. The lowest BCUT2D eigenvalue weighted by molar-refractivity contribution is 1.28. The molecule has 0 spiro atoms. The van der Waals surface area contributed by atoms with Gasteiger partial charge in [-0.3, -0.25) is 0 Å². The second kappa shape index (κ2) is 9.25. The number of para-hydroxylation sites is 1. The summed E-state index contributed by atoms with van der Waals surface area (Å²) >= 11 is 3.56. The third kappa shape index (κ3) is 4.37. The molecule has 0 saturated heterocycles. The van der Waals surface area contributed by atoms with Crippen LogP contribution in [0.3, 0.4) is 0 Å². The number of hydrogen-bond donors (Lipinski definition) is 0. The average Bonchev–Trinajstić information content (AvgIpc) is 2.87. The van der Waals surface area contributed by atoms with E-state index in [4.69, 9.17) is 0 Å². The SMILES string of the molecule is Brc1ccc(N(c2ccccc2)c2cccc(-c3cccc(-c4ccccc4)c3)c2)cc1. The first kappa shape index (κ1) is 20.3. The van der Waals surface area contributed by atoms with Crippen molar-refractivity contribution in [3.8, 4) is 22.3 Å². The van der Waals surface area contributed by atoms with Crippen LogP contribution in [0.2, 0.25) is 0 Å². The van der Waals surface area contributed by atoms with E-state index in [1.165, 1.54) is 22.3 Å². The zero-order valence-corrected chi connectivity index (χ0v) is 19.1. The number of benzene rings is 5. The fraction of sp³-hybridized carbons (Fsp3) is 0. The highest BCUT2D eigenvalue weighted by Gasteiger charge is 2.13. The van der Waals surface area contributed by atoms with Gasteiger partial charge in [0.15, 0.2) is 0 Å². The third-order valence-corrected chi connectivity index (χ3v) is 6.04. The second-order valence-corrected chi connectivity index (χ2v) is 8.56. The van der Waals surface area contributed by atoms with Crippen LogP contribution in [-0.2, 0) is 0 Å². The summed E-state index contributed by atoms with van der Waals surface area (Å²) in [4.78, 5) is 2.29. The van der Waals surface area contributed by atoms with E-state index < -0.39 is 0 Å². The molecular weight excluding hydrogens is 454 g/mol. The first-order chi connectivity index (χ1) is 15.8. The Labute approximate surface area is 197 Å². The minimum absolute atomic E-state index is 1.07. The molecule has 5 aromatic carbocycles. The van der Waals surface area contributed by atoms with E-state index in [1.807, 2.05) is 0 Å². The van der Waals surface area contributed by atoms with E-state index in [-0.39, 0.29) is 0 Å².